The van der Waals surface area contributed by atoms with Gasteiger partial charge in [0.2, 0.25) is 10.0 Å². The molecule has 1 amide bonds. The van der Waals surface area contributed by atoms with Gasteiger partial charge in [-0.25, -0.2) is 8.42 Å². The topological polar surface area (TPSA) is 87.2 Å². The van der Waals surface area contributed by atoms with Gasteiger partial charge in [0.25, 0.3) is 5.91 Å². The van der Waals surface area contributed by atoms with Gasteiger partial charge in [-0.05, 0) is 48.2 Å². The summed E-state index contributed by atoms with van der Waals surface area (Å²) in [5.41, 5.74) is 3.85. The quantitative estimate of drug-likeness (QED) is 0.507. The summed E-state index contributed by atoms with van der Waals surface area (Å²) in [6.07, 6.45) is -0.505. The third-order valence-corrected chi connectivity index (χ3v) is 9.30. The highest BCUT2D eigenvalue weighted by Gasteiger charge is 2.33. The number of aliphatic hydroxyl groups excluding tert-OH is 1. The van der Waals surface area contributed by atoms with Gasteiger partial charge in [0.15, 0.2) is 0 Å². The van der Waals surface area contributed by atoms with Gasteiger partial charge < -0.3 is 14.7 Å². The zero-order valence-electron chi connectivity index (χ0n) is 22.4. The van der Waals surface area contributed by atoms with Crippen LogP contribution in [-0.4, -0.2) is 67.5 Å². The third kappa shape index (κ3) is 5.68. The molecule has 1 N–H and O–H groups in total. The van der Waals surface area contributed by atoms with Gasteiger partial charge in [0, 0.05) is 31.6 Å². The molecule has 1 aliphatic heterocycles. The number of carbonyl (C=O) groups is 1. The summed E-state index contributed by atoms with van der Waals surface area (Å²) in [5.74, 6) is -0.398. The molecule has 0 saturated heterocycles. The second kappa shape index (κ2) is 11.8. The van der Waals surface area contributed by atoms with E-state index >= 15 is 0 Å². The van der Waals surface area contributed by atoms with E-state index in [0.29, 0.717) is 17.7 Å². The maximum Gasteiger partial charge on any atom is 0.254 e. The Labute approximate surface area is 225 Å². The van der Waals surface area contributed by atoms with Gasteiger partial charge in [-0.15, -0.1) is 0 Å². The van der Waals surface area contributed by atoms with Crippen LogP contribution in [0.1, 0.15) is 35.3 Å². The Hall–Kier alpha value is -3.04. The largest absolute Gasteiger partial charge is 0.394 e. The van der Waals surface area contributed by atoms with E-state index in [-0.39, 0.29) is 36.5 Å². The number of ether oxygens (including phenoxy) is 1. The Bertz CT molecular complexity index is 1390. The molecule has 3 atom stereocenters. The Morgan fingerprint density at radius 1 is 1.00 bits per heavy atom. The lowest BCUT2D eigenvalue weighted by Crippen LogP contribution is -2.47. The number of benzene rings is 3. The number of aliphatic hydroxyl groups is 1. The first-order valence-corrected chi connectivity index (χ1v) is 14.3. The Morgan fingerprint density at radius 3 is 2.29 bits per heavy atom. The van der Waals surface area contributed by atoms with E-state index in [2.05, 4.69) is 0 Å². The minimum atomic E-state index is -3.75. The number of likely N-dealkylation sites (N-methyl/N-ethyl adjacent to an activating group) is 1. The van der Waals surface area contributed by atoms with Gasteiger partial charge in [0.1, 0.15) is 0 Å². The molecule has 0 aromatic heterocycles. The summed E-state index contributed by atoms with van der Waals surface area (Å²) in [4.78, 5) is 15.8. The van der Waals surface area contributed by atoms with Gasteiger partial charge in [-0.2, -0.15) is 4.31 Å². The lowest BCUT2D eigenvalue weighted by molar-refractivity contribution is -0.0146. The van der Waals surface area contributed by atoms with Crippen LogP contribution in [0.2, 0.25) is 0 Å². The van der Waals surface area contributed by atoms with Gasteiger partial charge >= 0.3 is 0 Å². The molecule has 0 radical (unpaired) electrons. The molecule has 1 aliphatic rings. The second-order valence-electron chi connectivity index (χ2n) is 10.1. The number of nitrogens with zero attached hydrogens (tertiary/aromatic N) is 2. The van der Waals surface area contributed by atoms with E-state index < -0.39 is 22.2 Å². The minimum absolute atomic E-state index is 0.114. The number of amides is 1. The normalized spacial score (nSPS) is 19.4. The number of hydrogen-bond acceptors (Lipinski definition) is 5. The Balaban J connectivity index is 1.74. The SMILES string of the molecule is Cc1ccccc1S(=O)(=O)N(C)C[C@@H]1OCc2ccccc2-c2ccccc2C(=O)N([C@@H](C)CO)C[C@H]1C. The fourth-order valence-corrected chi connectivity index (χ4v) is 6.32. The molecule has 0 bridgehead atoms. The van der Waals surface area contributed by atoms with Crippen LogP contribution in [0, 0.1) is 12.8 Å². The predicted octanol–water partition coefficient (Wildman–Crippen LogP) is 4.34. The first kappa shape index (κ1) is 28.0. The summed E-state index contributed by atoms with van der Waals surface area (Å²) >= 11 is 0. The van der Waals surface area contributed by atoms with E-state index in [9.17, 15) is 18.3 Å². The van der Waals surface area contributed by atoms with Crippen LogP contribution in [0.5, 0.6) is 0 Å². The van der Waals surface area contributed by atoms with Crippen molar-refractivity contribution in [3.8, 4) is 11.1 Å². The summed E-state index contributed by atoms with van der Waals surface area (Å²) in [5, 5.41) is 10.00. The molecule has 0 unspecified atom stereocenters. The molecular weight excluding hydrogens is 500 g/mol. The summed E-state index contributed by atoms with van der Waals surface area (Å²) in [6, 6.07) is 21.8. The molecule has 3 aromatic rings. The van der Waals surface area contributed by atoms with Gasteiger partial charge in [-0.3, -0.25) is 4.79 Å². The van der Waals surface area contributed by atoms with Crippen molar-refractivity contribution in [3.63, 3.8) is 0 Å². The molecule has 38 heavy (non-hydrogen) atoms. The predicted molar refractivity (Wildman–Crippen MR) is 148 cm³/mol. The lowest BCUT2D eigenvalue weighted by Gasteiger charge is -2.35. The number of aryl methyl sites for hydroxylation is 1. The monoisotopic (exact) mass is 536 g/mol. The fraction of sp³-hybridized carbons (Fsp3) is 0.367. The van der Waals surface area contributed by atoms with Crippen molar-refractivity contribution in [1.82, 2.24) is 9.21 Å². The van der Waals surface area contributed by atoms with Crippen molar-refractivity contribution in [2.45, 2.75) is 44.4 Å². The number of carbonyl (C=O) groups excluding carboxylic acids is 1. The fourth-order valence-electron chi connectivity index (χ4n) is 4.92. The van der Waals surface area contributed by atoms with Crippen molar-refractivity contribution < 1.29 is 23.1 Å². The standard InChI is InChI=1S/C30H36N2O5S/c1-21-11-5-10-16-29(21)38(35,36)31(4)18-28-22(2)17-32(23(3)19-33)30(34)27-15-9-8-14-26(27)25-13-7-6-12-24(25)20-37-28/h5-16,22-23,28,33H,17-20H2,1-4H3/t22-,23+,28+/m1/s1. The number of hydrogen-bond donors (Lipinski definition) is 1. The average Bonchev–Trinajstić information content (AvgIpc) is 2.94. The van der Waals surface area contributed by atoms with Crippen LogP contribution in [0.15, 0.2) is 77.7 Å². The maximum absolute atomic E-state index is 13.9. The van der Waals surface area contributed by atoms with E-state index in [4.69, 9.17) is 4.74 Å². The number of sulfonamides is 1. The smallest absolute Gasteiger partial charge is 0.254 e. The summed E-state index contributed by atoms with van der Waals surface area (Å²) in [6.45, 7) is 6.04. The Kier molecular flexibility index (Phi) is 8.67. The first-order valence-electron chi connectivity index (χ1n) is 12.9. The molecule has 0 fully saturated rings. The molecule has 1 heterocycles. The highest BCUT2D eigenvalue weighted by Crippen LogP contribution is 2.31. The van der Waals surface area contributed by atoms with Crippen molar-refractivity contribution in [1.29, 1.82) is 0 Å². The molecule has 0 aliphatic carbocycles. The molecule has 8 heteroatoms. The molecule has 7 nitrogen and oxygen atoms in total. The molecule has 4 rings (SSSR count). The zero-order valence-corrected chi connectivity index (χ0v) is 23.2. The number of rotatable bonds is 6. The third-order valence-electron chi connectivity index (χ3n) is 7.31. The molecule has 3 aromatic carbocycles. The van der Waals surface area contributed by atoms with Gasteiger partial charge in [0.05, 0.1) is 30.3 Å². The molecule has 202 valence electrons. The van der Waals surface area contributed by atoms with Crippen molar-refractivity contribution in [2.75, 3.05) is 26.7 Å². The van der Waals surface area contributed by atoms with Crippen molar-refractivity contribution >= 4 is 15.9 Å². The molecular formula is C30H36N2O5S. The minimum Gasteiger partial charge on any atom is -0.394 e. The highest BCUT2D eigenvalue weighted by atomic mass is 32.2. The van der Waals surface area contributed by atoms with E-state index in [1.807, 2.05) is 68.4 Å². The zero-order chi connectivity index (χ0) is 27.4. The average molecular weight is 537 g/mol. The molecule has 0 saturated carbocycles. The van der Waals surface area contributed by atoms with Crippen LogP contribution in [0.3, 0.4) is 0 Å². The van der Waals surface area contributed by atoms with Crippen LogP contribution in [0.4, 0.5) is 0 Å². The van der Waals surface area contributed by atoms with Crippen LogP contribution < -0.4 is 0 Å². The van der Waals surface area contributed by atoms with Gasteiger partial charge in [-0.1, -0.05) is 67.6 Å². The second-order valence-corrected chi connectivity index (χ2v) is 12.1. The first-order chi connectivity index (χ1) is 18.1. The Morgan fingerprint density at radius 2 is 1.61 bits per heavy atom. The maximum atomic E-state index is 13.9. The van der Waals surface area contributed by atoms with Crippen LogP contribution >= 0.6 is 0 Å². The lowest BCUT2D eigenvalue weighted by atomic mass is 9.94. The van der Waals surface area contributed by atoms with Crippen LogP contribution in [0.25, 0.3) is 11.1 Å². The number of fused-ring (bicyclic) bond motifs is 3. The van der Waals surface area contributed by atoms with Crippen molar-refractivity contribution in [3.05, 3.63) is 89.5 Å². The molecule has 0 spiro atoms. The van der Waals surface area contributed by atoms with Crippen LogP contribution in [-0.2, 0) is 21.4 Å². The summed E-state index contributed by atoms with van der Waals surface area (Å²) in [7, 11) is -2.19. The van der Waals surface area contributed by atoms with E-state index in [0.717, 1.165) is 16.7 Å². The van der Waals surface area contributed by atoms with E-state index in [1.165, 1.54) is 4.31 Å². The summed E-state index contributed by atoms with van der Waals surface area (Å²) < 4.78 is 34.7. The van der Waals surface area contributed by atoms with Crippen molar-refractivity contribution in [2.24, 2.45) is 5.92 Å². The highest BCUT2D eigenvalue weighted by molar-refractivity contribution is 7.89. The van der Waals surface area contributed by atoms with E-state index in [1.54, 1.807) is 37.1 Å².